The molecule has 8 heteroatoms. The van der Waals surface area contributed by atoms with Crippen molar-refractivity contribution in [1.29, 1.82) is 5.26 Å². The third kappa shape index (κ3) is 6.07. The van der Waals surface area contributed by atoms with Crippen molar-refractivity contribution in [3.05, 3.63) is 59.7 Å². The molecule has 0 atom stereocenters. The fourth-order valence-corrected chi connectivity index (χ4v) is 2.96. The summed E-state index contributed by atoms with van der Waals surface area (Å²) in [6.07, 6.45) is 1.48. The standard InChI is InChI=1S/C23H23N3O5/c1-29-21-5-3-2-4-20(21)25-23(28)18(15-24)14-17-6-8-19(9-7-17)31-16-22(27)26-10-12-30-13-11-26/h2-9,14H,10-13,16H2,1H3,(H,25,28)/b18-14-. The van der Waals surface area contributed by atoms with Gasteiger partial charge in [-0.15, -0.1) is 0 Å². The highest BCUT2D eigenvalue weighted by Crippen LogP contribution is 2.24. The van der Waals surface area contributed by atoms with E-state index in [2.05, 4.69) is 5.32 Å². The topological polar surface area (TPSA) is 101 Å². The minimum absolute atomic E-state index is 0.0536. The Balaban J connectivity index is 1.60. The minimum atomic E-state index is -0.538. The second kappa shape index (κ2) is 10.8. The first-order valence-electron chi connectivity index (χ1n) is 9.75. The first-order chi connectivity index (χ1) is 15.1. The number of nitriles is 1. The molecule has 0 radical (unpaired) electrons. The van der Waals surface area contributed by atoms with E-state index >= 15 is 0 Å². The summed E-state index contributed by atoms with van der Waals surface area (Å²) in [4.78, 5) is 26.3. The molecule has 0 aliphatic carbocycles. The molecule has 8 nitrogen and oxygen atoms in total. The maximum Gasteiger partial charge on any atom is 0.266 e. The van der Waals surface area contributed by atoms with E-state index in [0.717, 1.165) is 0 Å². The van der Waals surface area contributed by atoms with Gasteiger partial charge in [-0.1, -0.05) is 24.3 Å². The van der Waals surface area contributed by atoms with E-state index in [1.165, 1.54) is 13.2 Å². The van der Waals surface area contributed by atoms with Crippen LogP contribution in [0.5, 0.6) is 11.5 Å². The molecule has 1 aliphatic rings. The molecule has 2 aromatic carbocycles. The number of benzene rings is 2. The number of methoxy groups -OCH3 is 1. The van der Waals surface area contributed by atoms with Crippen molar-refractivity contribution in [1.82, 2.24) is 4.90 Å². The first-order valence-corrected chi connectivity index (χ1v) is 9.75. The van der Waals surface area contributed by atoms with Crippen LogP contribution in [-0.2, 0) is 14.3 Å². The molecule has 31 heavy (non-hydrogen) atoms. The van der Waals surface area contributed by atoms with Gasteiger partial charge in [0, 0.05) is 13.1 Å². The van der Waals surface area contributed by atoms with Crippen molar-refractivity contribution >= 4 is 23.6 Å². The van der Waals surface area contributed by atoms with Gasteiger partial charge in [-0.3, -0.25) is 9.59 Å². The molecule has 1 aliphatic heterocycles. The summed E-state index contributed by atoms with van der Waals surface area (Å²) >= 11 is 0. The van der Waals surface area contributed by atoms with Crippen LogP contribution in [0, 0.1) is 11.3 Å². The molecule has 0 bridgehead atoms. The van der Waals surface area contributed by atoms with Gasteiger partial charge in [-0.05, 0) is 35.9 Å². The first kappa shape index (κ1) is 21.9. The lowest BCUT2D eigenvalue weighted by Crippen LogP contribution is -2.42. The number of anilines is 1. The molecule has 160 valence electrons. The fraction of sp³-hybridized carbons (Fsp3) is 0.261. The minimum Gasteiger partial charge on any atom is -0.495 e. The molecule has 1 fully saturated rings. The molecule has 1 saturated heterocycles. The summed E-state index contributed by atoms with van der Waals surface area (Å²) in [5, 5.41) is 12.1. The van der Waals surface area contributed by atoms with Crippen molar-refractivity contribution in [3.8, 4) is 17.6 Å². The van der Waals surface area contributed by atoms with Gasteiger partial charge in [-0.2, -0.15) is 5.26 Å². The Morgan fingerprint density at radius 3 is 2.55 bits per heavy atom. The molecular formula is C23H23N3O5. The number of hydrogen-bond donors (Lipinski definition) is 1. The second-order valence-electron chi connectivity index (χ2n) is 6.68. The number of rotatable bonds is 7. The Hall–Kier alpha value is -3.83. The van der Waals surface area contributed by atoms with Crippen LogP contribution in [0.15, 0.2) is 54.1 Å². The Morgan fingerprint density at radius 1 is 1.16 bits per heavy atom. The lowest BCUT2D eigenvalue weighted by Gasteiger charge is -2.26. The van der Waals surface area contributed by atoms with Gasteiger partial charge in [0.05, 0.1) is 26.0 Å². The van der Waals surface area contributed by atoms with Crippen LogP contribution in [0.4, 0.5) is 5.69 Å². The van der Waals surface area contributed by atoms with Crippen LogP contribution in [0.2, 0.25) is 0 Å². The SMILES string of the molecule is COc1ccccc1NC(=O)/C(C#N)=C\c1ccc(OCC(=O)N2CCOCC2)cc1. The molecule has 0 unspecified atom stereocenters. The maximum absolute atomic E-state index is 12.5. The normalized spacial score (nSPS) is 13.8. The Bertz CT molecular complexity index is 989. The van der Waals surface area contributed by atoms with E-state index in [9.17, 15) is 14.9 Å². The molecule has 1 heterocycles. The number of carbonyl (C=O) groups excluding carboxylic acids is 2. The molecule has 2 aromatic rings. The van der Waals surface area contributed by atoms with Crippen molar-refractivity contribution in [3.63, 3.8) is 0 Å². The number of hydrogen-bond acceptors (Lipinski definition) is 6. The predicted octanol–water partition coefficient (Wildman–Crippen LogP) is 2.48. The zero-order valence-corrected chi connectivity index (χ0v) is 17.2. The largest absolute Gasteiger partial charge is 0.495 e. The van der Waals surface area contributed by atoms with Gasteiger partial charge in [0.2, 0.25) is 0 Å². The summed E-state index contributed by atoms with van der Waals surface area (Å²) in [7, 11) is 1.50. The van der Waals surface area contributed by atoms with E-state index < -0.39 is 5.91 Å². The fourth-order valence-electron chi connectivity index (χ4n) is 2.96. The van der Waals surface area contributed by atoms with Crippen LogP contribution in [-0.4, -0.2) is 56.7 Å². The van der Waals surface area contributed by atoms with Gasteiger partial charge in [-0.25, -0.2) is 0 Å². The lowest BCUT2D eigenvalue weighted by molar-refractivity contribution is -0.137. The van der Waals surface area contributed by atoms with Gasteiger partial charge in [0.1, 0.15) is 23.1 Å². The summed E-state index contributed by atoms with van der Waals surface area (Å²) < 4.78 is 16.0. The molecule has 0 aromatic heterocycles. The molecule has 1 N–H and O–H groups in total. The van der Waals surface area contributed by atoms with E-state index in [1.807, 2.05) is 6.07 Å². The van der Waals surface area contributed by atoms with Gasteiger partial charge >= 0.3 is 0 Å². The van der Waals surface area contributed by atoms with Crippen LogP contribution in [0.3, 0.4) is 0 Å². The average molecular weight is 421 g/mol. The zero-order chi connectivity index (χ0) is 22.1. The Labute approximate surface area is 180 Å². The molecule has 2 amide bonds. The lowest BCUT2D eigenvalue weighted by atomic mass is 10.1. The zero-order valence-electron chi connectivity index (χ0n) is 17.2. The van der Waals surface area contributed by atoms with Crippen LogP contribution in [0.1, 0.15) is 5.56 Å². The summed E-state index contributed by atoms with van der Waals surface area (Å²) in [6, 6.07) is 15.7. The smallest absolute Gasteiger partial charge is 0.266 e. The van der Waals surface area contributed by atoms with E-state index in [1.54, 1.807) is 53.4 Å². The van der Waals surface area contributed by atoms with E-state index in [-0.39, 0.29) is 18.1 Å². The molecule has 3 rings (SSSR count). The van der Waals surface area contributed by atoms with Crippen molar-refractivity contribution in [2.24, 2.45) is 0 Å². The van der Waals surface area contributed by atoms with Gasteiger partial charge in [0.25, 0.3) is 11.8 Å². The molecular weight excluding hydrogens is 398 g/mol. The third-order valence-electron chi connectivity index (χ3n) is 4.64. The quantitative estimate of drug-likeness (QED) is 0.545. The summed E-state index contributed by atoms with van der Waals surface area (Å²) in [6.45, 7) is 2.16. The maximum atomic E-state index is 12.5. The number of carbonyl (C=O) groups is 2. The van der Waals surface area contributed by atoms with E-state index in [4.69, 9.17) is 14.2 Å². The highest BCUT2D eigenvalue weighted by molar-refractivity contribution is 6.10. The Kier molecular flexibility index (Phi) is 7.62. The number of amides is 2. The van der Waals surface area contributed by atoms with Gasteiger partial charge in [0.15, 0.2) is 6.61 Å². The van der Waals surface area contributed by atoms with Crippen molar-refractivity contribution in [2.45, 2.75) is 0 Å². The number of nitrogens with one attached hydrogen (secondary N) is 1. The third-order valence-corrected chi connectivity index (χ3v) is 4.64. The number of ether oxygens (including phenoxy) is 3. The summed E-state index contributed by atoms with van der Waals surface area (Å²) in [5.41, 5.74) is 1.07. The van der Waals surface area contributed by atoms with Crippen molar-refractivity contribution in [2.75, 3.05) is 45.3 Å². The highest BCUT2D eigenvalue weighted by atomic mass is 16.5. The number of morpholine rings is 1. The van der Waals surface area contributed by atoms with E-state index in [0.29, 0.717) is 49.1 Å². The number of nitrogens with zero attached hydrogens (tertiary/aromatic N) is 2. The second-order valence-corrected chi connectivity index (χ2v) is 6.68. The van der Waals surface area contributed by atoms with Crippen molar-refractivity contribution < 1.29 is 23.8 Å². The Morgan fingerprint density at radius 2 is 1.87 bits per heavy atom. The molecule has 0 spiro atoms. The number of para-hydroxylation sites is 2. The van der Waals surface area contributed by atoms with Crippen LogP contribution < -0.4 is 14.8 Å². The molecule has 0 saturated carbocycles. The van der Waals surface area contributed by atoms with Gasteiger partial charge < -0.3 is 24.4 Å². The average Bonchev–Trinajstić information content (AvgIpc) is 2.82. The van der Waals surface area contributed by atoms with Crippen LogP contribution in [0.25, 0.3) is 6.08 Å². The van der Waals surface area contributed by atoms with Crippen LogP contribution >= 0.6 is 0 Å². The monoisotopic (exact) mass is 421 g/mol. The predicted molar refractivity (Wildman–Crippen MR) is 115 cm³/mol. The highest BCUT2D eigenvalue weighted by Gasteiger charge is 2.17. The summed E-state index contributed by atoms with van der Waals surface area (Å²) in [5.74, 6) is 0.396.